The predicted molar refractivity (Wildman–Crippen MR) is 81.2 cm³/mol. The van der Waals surface area contributed by atoms with Gasteiger partial charge in [-0.3, -0.25) is 0 Å². The van der Waals surface area contributed by atoms with E-state index in [1.807, 2.05) is 18.2 Å². The molecule has 0 aliphatic heterocycles. The molecule has 1 aliphatic carbocycles. The Balaban J connectivity index is 1.65. The van der Waals surface area contributed by atoms with Gasteiger partial charge in [0.15, 0.2) is 0 Å². The van der Waals surface area contributed by atoms with Gasteiger partial charge in [0, 0.05) is 17.6 Å². The molecule has 20 heavy (non-hydrogen) atoms. The summed E-state index contributed by atoms with van der Waals surface area (Å²) in [6, 6.07) is 10.1. The lowest BCUT2D eigenvalue weighted by Crippen LogP contribution is -2.14. The van der Waals surface area contributed by atoms with Gasteiger partial charge in [-0.25, -0.2) is 10.8 Å². The van der Waals surface area contributed by atoms with Crippen LogP contribution in [-0.4, -0.2) is 11.6 Å². The maximum Gasteiger partial charge on any atom is 0.146 e. The van der Waals surface area contributed by atoms with Gasteiger partial charge in [0.1, 0.15) is 5.82 Å². The number of aromatic nitrogens is 1. The topological polar surface area (TPSA) is 60.2 Å². The Labute approximate surface area is 119 Å². The number of nitrogen functional groups attached to an aromatic ring is 1. The highest BCUT2D eigenvalue weighted by atomic mass is 16.5. The fourth-order valence-corrected chi connectivity index (χ4v) is 2.61. The number of hydrogen-bond donors (Lipinski definition) is 2. The number of para-hydroxylation sites is 1. The fourth-order valence-electron chi connectivity index (χ4n) is 2.61. The summed E-state index contributed by atoms with van der Waals surface area (Å²) in [5.41, 5.74) is 4.63. The SMILES string of the molecule is NNc1nc2ccccc2cc1COCCC1CCC1. The van der Waals surface area contributed by atoms with Crippen LogP contribution < -0.4 is 11.3 Å². The van der Waals surface area contributed by atoms with Crippen LogP contribution in [0.2, 0.25) is 0 Å². The second-order valence-corrected chi connectivity index (χ2v) is 5.47. The van der Waals surface area contributed by atoms with Gasteiger partial charge in [-0.2, -0.15) is 0 Å². The van der Waals surface area contributed by atoms with Gasteiger partial charge in [-0.15, -0.1) is 0 Å². The number of nitrogens with one attached hydrogen (secondary N) is 1. The lowest BCUT2D eigenvalue weighted by atomic mass is 9.83. The van der Waals surface area contributed by atoms with Crippen molar-refractivity contribution >= 4 is 16.7 Å². The summed E-state index contributed by atoms with van der Waals surface area (Å²) in [5.74, 6) is 7.14. The zero-order valence-electron chi connectivity index (χ0n) is 11.6. The summed E-state index contributed by atoms with van der Waals surface area (Å²) in [7, 11) is 0. The van der Waals surface area contributed by atoms with Crippen molar-refractivity contribution in [3.05, 3.63) is 35.9 Å². The number of rotatable bonds is 6. The third-order valence-corrected chi connectivity index (χ3v) is 4.09. The van der Waals surface area contributed by atoms with Crippen LogP contribution in [0.15, 0.2) is 30.3 Å². The third kappa shape index (κ3) is 2.92. The summed E-state index contributed by atoms with van der Waals surface area (Å²) in [4.78, 5) is 4.52. The average Bonchev–Trinajstić information content (AvgIpc) is 2.44. The van der Waals surface area contributed by atoms with Crippen LogP contribution in [0.25, 0.3) is 10.9 Å². The van der Waals surface area contributed by atoms with E-state index in [2.05, 4.69) is 22.5 Å². The normalized spacial score (nSPS) is 15.2. The van der Waals surface area contributed by atoms with E-state index in [0.717, 1.165) is 29.0 Å². The van der Waals surface area contributed by atoms with Crippen molar-refractivity contribution in [2.45, 2.75) is 32.3 Å². The van der Waals surface area contributed by atoms with Crippen molar-refractivity contribution in [1.82, 2.24) is 4.98 Å². The summed E-state index contributed by atoms with van der Waals surface area (Å²) >= 11 is 0. The molecule has 1 aromatic carbocycles. The molecule has 0 saturated heterocycles. The first kappa shape index (κ1) is 13.3. The number of ether oxygens (including phenoxy) is 1. The van der Waals surface area contributed by atoms with Gasteiger partial charge in [0.2, 0.25) is 0 Å². The monoisotopic (exact) mass is 271 g/mol. The maximum absolute atomic E-state index is 5.78. The Morgan fingerprint density at radius 1 is 1.30 bits per heavy atom. The molecule has 4 heteroatoms. The van der Waals surface area contributed by atoms with Gasteiger partial charge in [0.25, 0.3) is 0 Å². The minimum absolute atomic E-state index is 0.560. The van der Waals surface area contributed by atoms with E-state index in [-0.39, 0.29) is 0 Å². The number of hydrogen-bond acceptors (Lipinski definition) is 4. The van der Waals surface area contributed by atoms with Crippen molar-refractivity contribution in [3.63, 3.8) is 0 Å². The average molecular weight is 271 g/mol. The lowest BCUT2D eigenvalue weighted by molar-refractivity contribution is 0.0952. The Morgan fingerprint density at radius 3 is 2.90 bits per heavy atom. The van der Waals surface area contributed by atoms with E-state index in [9.17, 15) is 0 Å². The Morgan fingerprint density at radius 2 is 2.15 bits per heavy atom. The van der Waals surface area contributed by atoms with Gasteiger partial charge in [-0.1, -0.05) is 37.5 Å². The molecule has 2 aromatic rings. The molecule has 0 unspecified atom stereocenters. The van der Waals surface area contributed by atoms with E-state index in [1.165, 1.54) is 25.7 Å². The Bertz CT molecular complexity index is 581. The van der Waals surface area contributed by atoms with Crippen LogP contribution in [0, 0.1) is 5.92 Å². The summed E-state index contributed by atoms with van der Waals surface area (Å²) in [5, 5.41) is 1.11. The van der Waals surface area contributed by atoms with Crippen LogP contribution >= 0.6 is 0 Å². The van der Waals surface area contributed by atoms with E-state index in [1.54, 1.807) is 0 Å². The molecule has 0 atom stereocenters. The number of nitrogens with two attached hydrogens (primary N) is 1. The Hall–Kier alpha value is -1.65. The van der Waals surface area contributed by atoms with Crippen molar-refractivity contribution in [3.8, 4) is 0 Å². The van der Waals surface area contributed by atoms with Crippen LogP contribution in [-0.2, 0) is 11.3 Å². The van der Waals surface area contributed by atoms with E-state index >= 15 is 0 Å². The molecule has 106 valence electrons. The fraction of sp³-hybridized carbons (Fsp3) is 0.438. The first-order chi connectivity index (χ1) is 9.86. The molecule has 3 N–H and O–H groups in total. The van der Waals surface area contributed by atoms with Gasteiger partial charge >= 0.3 is 0 Å². The van der Waals surface area contributed by atoms with Crippen molar-refractivity contribution in [2.75, 3.05) is 12.0 Å². The third-order valence-electron chi connectivity index (χ3n) is 4.09. The molecule has 1 heterocycles. The summed E-state index contributed by atoms with van der Waals surface area (Å²) < 4.78 is 5.78. The van der Waals surface area contributed by atoms with Crippen molar-refractivity contribution in [2.24, 2.45) is 11.8 Å². The first-order valence-electron chi connectivity index (χ1n) is 7.30. The second kappa shape index (κ2) is 6.20. The molecule has 1 fully saturated rings. The zero-order chi connectivity index (χ0) is 13.8. The maximum atomic E-state index is 5.78. The number of anilines is 1. The van der Waals surface area contributed by atoms with Crippen LogP contribution in [0.5, 0.6) is 0 Å². The standard InChI is InChI=1S/C16H21N3O/c17-19-16-14(11-20-9-8-12-4-3-5-12)10-13-6-1-2-7-15(13)18-16/h1-2,6-7,10,12H,3-5,8-9,11,17H2,(H,18,19). The molecule has 4 nitrogen and oxygen atoms in total. The van der Waals surface area contributed by atoms with E-state index in [4.69, 9.17) is 10.6 Å². The Kier molecular flexibility index (Phi) is 4.14. The zero-order valence-corrected chi connectivity index (χ0v) is 11.6. The van der Waals surface area contributed by atoms with E-state index in [0.29, 0.717) is 12.4 Å². The highest BCUT2D eigenvalue weighted by molar-refractivity contribution is 5.81. The molecular formula is C16H21N3O. The second-order valence-electron chi connectivity index (χ2n) is 5.47. The van der Waals surface area contributed by atoms with E-state index < -0.39 is 0 Å². The quantitative estimate of drug-likeness (QED) is 0.481. The molecule has 0 amide bonds. The number of hydrazine groups is 1. The molecular weight excluding hydrogens is 250 g/mol. The van der Waals surface area contributed by atoms with Crippen LogP contribution in [0.1, 0.15) is 31.2 Å². The highest BCUT2D eigenvalue weighted by Gasteiger charge is 2.16. The van der Waals surface area contributed by atoms with Gasteiger partial charge in [0.05, 0.1) is 12.1 Å². The van der Waals surface area contributed by atoms with Crippen molar-refractivity contribution in [1.29, 1.82) is 0 Å². The predicted octanol–water partition coefficient (Wildman–Crippen LogP) is 3.23. The minimum Gasteiger partial charge on any atom is -0.377 e. The molecule has 0 radical (unpaired) electrons. The minimum atomic E-state index is 0.560. The van der Waals surface area contributed by atoms with Gasteiger partial charge in [-0.05, 0) is 24.5 Å². The number of pyridine rings is 1. The van der Waals surface area contributed by atoms with Crippen molar-refractivity contribution < 1.29 is 4.74 Å². The molecule has 1 aromatic heterocycles. The molecule has 0 bridgehead atoms. The lowest BCUT2D eigenvalue weighted by Gasteiger charge is -2.24. The summed E-state index contributed by atoms with van der Waals surface area (Å²) in [6.07, 6.45) is 5.31. The van der Waals surface area contributed by atoms with Gasteiger partial charge < -0.3 is 10.2 Å². The molecule has 1 aliphatic rings. The molecule has 1 saturated carbocycles. The number of nitrogens with zero attached hydrogens (tertiary/aromatic N) is 1. The molecule has 3 rings (SSSR count). The first-order valence-corrected chi connectivity index (χ1v) is 7.30. The number of benzene rings is 1. The largest absolute Gasteiger partial charge is 0.377 e. The highest BCUT2D eigenvalue weighted by Crippen LogP contribution is 2.29. The smallest absolute Gasteiger partial charge is 0.146 e. The van der Waals surface area contributed by atoms with Crippen LogP contribution in [0.3, 0.4) is 0 Å². The summed E-state index contributed by atoms with van der Waals surface area (Å²) in [6.45, 7) is 1.38. The number of fused-ring (bicyclic) bond motifs is 1. The van der Waals surface area contributed by atoms with Crippen LogP contribution in [0.4, 0.5) is 5.82 Å². The molecule has 0 spiro atoms.